The standard InChI is InChI=1S/C11H13F2NOS/c1-14(11(15)4-5-16)7-8-6-9(12)2-3-10(8)13/h2-3,6,16H,4-5,7H2,1H3. The molecule has 0 atom stereocenters. The zero-order valence-corrected chi connectivity index (χ0v) is 9.81. The summed E-state index contributed by atoms with van der Waals surface area (Å²) >= 11 is 3.94. The van der Waals surface area contributed by atoms with E-state index in [4.69, 9.17) is 0 Å². The number of thiol groups is 1. The summed E-state index contributed by atoms with van der Waals surface area (Å²) in [6.45, 7) is 0.0657. The summed E-state index contributed by atoms with van der Waals surface area (Å²) in [6.07, 6.45) is 0.288. The highest BCUT2D eigenvalue weighted by Gasteiger charge is 2.11. The Morgan fingerprint density at radius 1 is 1.44 bits per heavy atom. The van der Waals surface area contributed by atoms with Crippen LogP contribution in [0.2, 0.25) is 0 Å². The second-order valence-corrected chi connectivity index (χ2v) is 3.91. The van der Waals surface area contributed by atoms with Gasteiger partial charge in [-0.1, -0.05) is 0 Å². The van der Waals surface area contributed by atoms with E-state index in [9.17, 15) is 13.6 Å². The van der Waals surface area contributed by atoms with Crippen molar-refractivity contribution in [2.24, 2.45) is 0 Å². The average molecular weight is 245 g/mol. The predicted molar refractivity (Wildman–Crippen MR) is 61.3 cm³/mol. The molecule has 0 aliphatic heterocycles. The van der Waals surface area contributed by atoms with Gasteiger partial charge in [-0.25, -0.2) is 8.78 Å². The second-order valence-electron chi connectivity index (χ2n) is 3.46. The Balaban J connectivity index is 2.72. The van der Waals surface area contributed by atoms with Gasteiger partial charge in [0.1, 0.15) is 11.6 Å². The van der Waals surface area contributed by atoms with E-state index in [0.717, 1.165) is 18.2 Å². The Morgan fingerprint density at radius 3 is 2.75 bits per heavy atom. The number of carbonyl (C=O) groups is 1. The van der Waals surface area contributed by atoms with Gasteiger partial charge in [0.25, 0.3) is 0 Å². The molecule has 0 bridgehead atoms. The van der Waals surface area contributed by atoms with Crippen LogP contribution in [0.15, 0.2) is 18.2 Å². The van der Waals surface area contributed by atoms with Gasteiger partial charge < -0.3 is 4.90 Å². The van der Waals surface area contributed by atoms with Crippen LogP contribution < -0.4 is 0 Å². The summed E-state index contributed by atoms with van der Waals surface area (Å²) in [6, 6.07) is 3.20. The molecule has 0 aliphatic rings. The van der Waals surface area contributed by atoms with Gasteiger partial charge in [-0.15, -0.1) is 0 Å². The average Bonchev–Trinajstić information content (AvgIpc) is 2.23. The topological polar surface area (TPSA) is 20.3 Å². The van der Waals surface area contributed by atoms with E-state index >= 15 is 0 Å². The number of carbonyl (C=O) groups excluding carboxylic acids is 1. The largest absolute Gasteiger partial charge is 0.341 e. The number of hydrogen-bond acceptors (Lipinski definition) is 2. The van der Waals surface area contributed by atoms with E-state index in [0.29, 0.717) is 5.75 Å². The molecule has 1 aromatic rings. The van der Waals surface area contributed by atoms with Crippen molar-refractivity contribution in [3.63, 3.8) is 0 Å². The van der Waals surface area contributed by atoms with Gasteiger partial charge in [0.05, 0.1) is 0 Å². The molecule has 0 aliphatic carbocycles. The Morgan fingerprint density at radius 2 is 2.12 bits per heavy atom. The third-order valence-electron chi connectivity index (χ3n) is 2.17. The van der Waals surface area contributed by atoms with Crippen LogP contribution in [0.4, 0.5) is 8.78 Å². The lowest BCUT2D eigenvalue weighted by Crippen LogP contribution is -2.26. The molecule has 1 amide bonds. The molecule has 0 heterocycles. The van der Waals surface area contributed by atoms with Crippen molar-refractivity contribution in [3.05, 3.63) is 35.4 Å². The molecular weight excluding hydrogens is 232 g/mol. The maximum absolute atomic E-state index is 13.3. The molecule has 16 heavy (non-hydrogen) atoms. The number of nitrogens with zero attached hydrogens (tertiary/aromatic N) is 1. The van der Waals surface area contributed by atoms with Gasteiger partial charge in [-0.05, 0) is 24.0 Å². The summed E-state index contributed by atoms with van der Waals surface area (Å²) in [4.78, 5) is 12.8. The zero-order chi connectivity index (χ0) is 12.1. The minimum atomic E-state index is -0.508. The third-order valence-corrected chi connectivity index (χ3v) is 2.39. The number of amides is 1. The molecule has 5 heteroatoms. The number of halogens is 2. The van der Waals surface area contributed by atoms with Crippen LogP contribution >= 0.6 is 12.6 Å². The first-order valence-electron chi connectivity index (χ1n) is 4.83. The lowest BCUT2D eigenvalue weighted by Gasteiger charge is -2.17. The molecule has 88 valence electrons. The van der Waals surface area contributed by atoms with E-state index in [-0.39, 0.29) is 24.4 Å². The molecule has 0 aromatic heterocycles. The fourth-order valence-electron chi connectivity index (χ4n) is 1.29. The van der Waals surface area contributed by atoms with E-state index in [1.165, 1.54) is 4.90 Å². The van der Waals surface area contributed by atoms with Crippen LogP contribution in [-0.4, -0.2) is 23.6 Å². The van der Waals surface area contributed by atoms with Gasteiger partial charge in [-0.2, -0.15) is 12.6 Å². The van der Waals surface area contributed by atoms with Crippen LogP contribution in [0.25, 0.3) is 0 Å². The minimum absolute atomic E-state index is 0.0657. The van der Waals surface area contributed by atoms with Gasteiger partial charge in [-0.3, -0.25) is 4.79 Å². The van der Waals surface area contributed by atoms with Crippen molar-refractivity contribution in [1.29, 1.82) is 0 Å². The smallest absolute Gasteiger partial charge is 0.223 e. The van der Waals surface area contributed by atoms with Crippen molar-refractivity contribution in [1.82, 2.24) is 4.90 Å². The van der Waals surface area contributed by atoms with Crippen LogP contribution in [0.3, 0.4) is 0 Å². The number of benzene rings is 1. The number of rotatable bonds is 4. The second kappa shape index (κ2) is 5.84. The van der Waals surface area contributed by atoms with Gasteiger partial charge in [0.15, 0.2) is 0 Å². The van der Waals surface area contributed by atoms with Gasteiger partial charge >= 0.3 is 0 Å². The maximum atomic E-state index is 13.3. The highest BCUT2D eigenvalue weighted by Crippen LogP contribution is 2.12. The SMILES string of the molecule is CN(Cc1cc(F)ccc1F)C(=O)CCS. The van der Waals surface area contributed by atoms with Crippen LogP contribution in [0.1, 0.15) is 12.0 Å². The first kappa shape index (κ1) is 13.0. The molecule has 1 aromatic carbocycles. The fourth-order valence-corrected chi connectivity index (χ4v) is 1.49. The van der Waals surface area contributed by atoms with Crippen LogP contribution in [0, 0.1) is 11.6 Å². The molecule has 0 saturated carbocycles. The quantitative estimate of drug-likeness (QED) is 0.807. The van der Waals surface area contributed by atoms with E-state index in [1.807, 2.05) is 0 Å². The highest BCUT2D eigenvalue weighted by molar-refractivity contribution is 7.80. The molecule has 0 spiro atoms. The Hall–Kier alpha value is -1.10. The summed E-state index contributed by atoms with van der Waals surface area (Å²) in [5.41, 5.74) is 0.176. The van der Waals surface area contributed by atoms with Gasteiger partial charge in [0, 0.05) is 25.6 Å². The molecule has 0 radical (unpaired) electrons. The van der Waals surface area contributed by atoms with Crippen LogP contribution in [-0.2, 0) is 11.3 Å². The lowest BCUT2D eigenvalue weighted by molar-refractivity contribution is -0.129. The molecular formula is C11H13F2NOS. The summed E-state index contributed by atoms with van der Waals surface area (Å²) in [7, 11) is 1.55. The Kier molecular flexibility index (Phi) is 4.73. The summed E-state index contributed by atoms with van der Waals surface area (Å²) in [5, 5.41) is 0. The minimum Gasteiger partial charge on any atom is -0.341 e. The van der Waals surface area contributed by atoms with Gasteiger partial charge in [0.2, 0.25) is 5.91 Å². The molecule has 0 unspecified atom stereocenters. The fraction of sp³-hybridized carbons (Fsp3) is 0.364. The highest BCUT2D eigenvalue weighted by atomic mass is 32.1. The number of hydrogen-bond donors (Lipinski definition) is 1. The molecule has 0 N–H and O–H groups in total. The van der Waals surface area contributed by atoms with Crippen molar-refractivity contribution >= 4 is 18.5 Å². The van der Waals surface area contributed by atoms with E-state index < -0.39 is 11.6 Å². The van der Waals surface area contributed by atoms with Crippen LogP contribution in [0.5, 0.6) is 0 Å². The normalized spacial score (nSPS) is 10.2. The predicted octanol–water partition coefficient (Wildman–Crippen LogP) is 2.24. The summed E-state index contributed by atoms with van der Waals surface area (Å²) < 4.78 is 26.1. The molecule has 0 saturated heterocycles. The lowest BCUT2D eigenvalue weighted by atomic mass is 10.2. The molecule has 1 rings (SSSR count). The monoisotopic (exact) mass is 245 g/mol. The third kappa shape index (κ3) is 3.48. The van der Waals surface area contributed by atoms with Crippen molar-refractivity contribution in [2.45, 2.75) is 13.0 Å². The van der Waals surface area contributed by atoms with E-state index in [2.05, 4.69) is 12.6 Å². The van der Waals surface area contributed by atoms with Crippen molar-refractivity contribution < 1.29 is 13.6 Å². The van der Waals surface area contributed by atoms with E-state index in [1.54, 1.807) is 7.05 Å². The van der Waals surface area contributed by atoms with Crippen molar-refractivity contribution in [3.8, 4) is 0 Å². The first-order valence-corrected chi connectivity index (χ1v) is 5.46. The Labute approximate surface area is 98.7 Å². The summed E-state index contributed by atoms with van der Waals surface area (Å²) in [5.74, 6) is -0.716. The molecule has 0 fully saturated rings. The Bertz CT molecular complexity index is 384. The van der Waals surface area contributed by atoms with Crippen molar-refractivity contribution in [2.75, 3.05) is 12.8 Å². The maximum Gasteiger partial charge on any atom is 0.223 e. The molecule has 2 nitrogen and oxygen atoms in total. The zero-order valence-electron chi connectivity index (χ0n) is 8.91. The first-order chi connectivity index (χ1) is 7.54.